The van der Waals surface area contributed by atoms with Crippen LogP contribution in [0.25, 0.3) is 0 Å². The van der Waals surface area contributed by atoms with Crippen molar-refractivity contribution in [2.75, 3.05) is 18.8 Å². The molecule has 100 valence electrons. The zero-order valence-electron chi connectivity index (χ0n) is 10.0. The Morgan fingerprint density at radius 3 is 2.94 bits per heavy atom. The lowest BCUT2D eigenvalue weighted by molar-refractivity contribution is -0.118. The summed E-state index contributed by atoms with van der Waals surface area (Å²) >= 11 is 2.84. The van der Waals surface area contributed by atoms with E-state index in [0.717, 1.165) is 43.0 Å². The number of aromatic nitrogens is 1. The van der Waals surface area contributed by atoms with Gasteiger partial charge < -0.3 is 15.6 Å². The average Bonchev–Trinajstić information content (AvgIpc) is 2.81. The van der Waals surface area contributed by atoms with Gasteiger partial charge in [0.15, 0.2) is 0 Å². The molecule has 2 rings (SSSR count). The molecule has 0 radical (unpaired) electrons. The molecule has 1 fully saturated rings. The van der Waals surface area contributed by atoms with E-state index < -0.39 is 0 Å². The first-order valence-electron chi connectivity index (χ1n) is 6.00. The van der Waals surface area contributed by atoms with Gasteiger partial charge in [-0.2, -0.15) is 0 Å². The Kier molecular flexibility index (Phi) is 5.27. The molecule has 5 nitrogen and oxygen atoms in total. The average molecular weight is 287 g/mol. The van der Waals surface area contributed by atoms with Crippen LogP contribution >= 0.6 is 23.1 Å². The van der Waals surface area contributed by atoms with Crippen LogP contribution in [0.3, 0.4) is 0 Å². The first kappa shape index (κ1) is 13.6. The van der Waals surface area contributed by atoms with Gasteiger partial charge in [-0.05, 0) is 25.9 Å². The number of amides is 1. The molecule has 3 N–H and O–H groups in total. The maximum Gasteiger partial charge on any atom is 0.304 e. The van der Waals surface area contributed by atoms with Gasteiger partial charge in [-0.1, -0.05) is 11.3 Å². The van der Waals surface area contributed by atoms with Crippen LogP contribution in [0.2, 0.25) is 0 Å². The van der Waals surface area contributed by atoms with Crippen molar-refractivity contribution in [3.8, 4) is 0 Å². The summed E-state index contributed by atoms with van der Waals surface area (Å²) in [6, 6.07) is 0. The van der Waals surface area contributed by atoms with Crippen molar-refractivity contribution in [1.29, 1.82) is 0 Å². The summed E-state index contributed by atoms with van der Waals surface area (Å²) < 4.78 is 0. The molecule has 0 atom stereocenters. The van der Waals surface area contributed by atoms with Gasteiger partial charge in [-0.15, -0.1) is 11.8 Å². The van der Waals surface area contributed by atoms with Crippen LogP contribution in [-0.2, 0) is 11.3 Å². The van der Waals surface area contributed by atoms with E-state index in [-0.39, 0.29) is 10.8 Å². The van der Waals surface area contributed by atoms with Crippen LogP contribution in [0.15, 0.2) is 10.2 Å². The summed E-state index contributed by atoms with van der Waals surface area (Å²) in [4.78, 5) is 25.1. The number of H-pyrrole nitrogens is 1. The highest BCUT2D eigenvalue weighted by Crippen LogP contribution is 2.19. The Morgan fingerprint density at radius 2 is 2.28 bits per heavy atom. The van der Waals surface area contributed by atoms with E-state index in [1.807, 2.05) is 0 Å². The number of aromatic amines is 1. The summed E-state index contributed by atoms with van der Waals surface area (Å²) in [7, 11) is 0. The van der Waals surface area contributed by atoms with Gasteiger partial charge in [0.25, 0.3) is 0 Å². The van der Waals surface area contributed by atoms with Crippen LogP contribution in [0.1, 0.15) is 18.5 Å². The number of thioether (sulfide) groups is 1. The molecule has 1 aromatic rings. The van der Waals surface area contributed by atoms with Crippen molar-refractivity contribution < 1.29 is 4.79 Å². The zero-order chi connectivity index (χ0) is 12.8. The summed E-state index contributed by atoms with van der Waals surface area (Å²) in [5, 5.41) is 8.45. The minimum Gasteiger partial charge on any atom is -0.350 e. The molecule has 0 aliphatic carbocycles. The zero-order valence-corrected chi connectivity index (χ0v) is 11.7. The molecule has 18 heavy (non-hydrogen) atoms. The Labute approximate surface area is 114 Å². The van der Waals surface area contributed by atoms with E-state index in [2.05, 4.69) is 15.6 Å². The van der Waals surface area contributed by atoms with Gasteiger partial charge in [-0.3, -0.25) is 9.59 Å². The second-order valence-electron chi connectivity index (χ2n) is 4.21. The van der Waals surface area contributed by atoms with Crippen LogP contribution in [0, 0.1) is 0 Å². The third kappa shape index (κ3) is 4.47. The molecule has 1 aliphatic rings. The maximum atomic E-state index is 11.6. The third-order valence-electron chi connectivity index (χ3n) is 2.78. The molecular weight excluding hydrogens is 270 g/mol. The quantitative estimate of drug-likeness (QED) is 0.739. The lowest BCUT2D eigenvalue weighted by Gasteiger charge is -2.21. The molecule has 0 bridgehead atoms. The summed E-state index contributed by atoms with van der Waals surface area (Å²) in [5.74, 6) is 0.532. The molecule has 1 aromatic heterocycles. The summed E-state index contributed by atoms with van der Waals surface area (Å²) in [6.07, 6.45) is 2.27. The Hall–Kier alpha value is -0.790. The van der Waals surface area contributed by atoms with Gasteiger partial charge in [-0.25, -0.2) is 0 Å². The molecule has 0 unspecified atom stereocenters. The largest absolute Gasteiger partial charge is 0.350 e. The summed E-state index contributed by atoms with van der Waals surface area (Å²) in [6.45, 7) is 2.51. The number of hydrogen-bond donors (Lipinski definition) is 3. The van der Waals surface area contributed by atoms with Crippen molar-refractivity contribution >= 4 is 29.0 Å². The molecule has 0 spiro atoms. The van der Waals surface area contributed by atoms with Crippen LogP contribution < -0.4 is 15.5 Å². The Morgan fingerprint density at radius 1 is 1.50 bits per heavy atom. The highest BCUT2D eigenvalue weighted by atomic mass is 32.2. The minimum atomic E-state index is -0.0803. The van der Waals surface area contributed by atoms with Gasteiger partial charge in [0.1, 0.15) is 0 Å². The number of carbonyl (C=O) groups excluding carboxylic acids is 1. The number of hydrogen-bond acceptors (Lipinski definition) is 5. The lowest BCUT2D eigenvalue weighted by Crippen LogP contribution is -2.31. The molecule has 2 heterocycles. The van der Waals surface area contributed by atoms with E-state index in [4.69, 9.17) is 0 Å². The maximum absolute atomic E-state index is 11.6. The van der Waals surface area contributed by atoms with Gasteiger partial charge in [0.05, 0.1) is 12.3 Å². The van der Waals surface area contributed by atoms with E-state index in [1.165, 1.54) is 0 Å². The Bertz CT molecular complexity index is 437. The highest BCUT2D eigenvalue weighted by Gasteiger charge is 2.14. The van der Waals surface area contributed by atoms with E-state index in [0.29, 0.717) is 17.5 Å². The third-order valence-corrected chi connectivity index (χ3v) is 4.87. The van der Waals surface area contributed by atoms with Crippen LogP contribution in [0.4, 0.5) is 0 Å². The second-order valence-corrected chi connectivity index (χ2v) is 6.34. The van der Waals surface area contributed by atoms with Crippen molar-refractivity contribution in [2.24, 2.45) is 0 Å². The number of nitrogens with one attached hydrogen (secondary N) is 3. The number of rotatable bonds is 5. The molecule has 0 aromatic carbocycles. The van der Waals surface area contributed by atoms with Crippen molar-refractivity contribution in [1.82, 2.24) is 15.6 Å². The van der Waals surface area contributed by atoms with E-state index in [1.54, 1.807) is 17.1 Å². The lowest BCUT2D eigenvalue weighted by atomic mass is 10.2. The predicted octanol–water partition coefficient (Wildman–Crippen LogP) is 0.538. The van der Waals surface area contributed by atoms with Crippen molar-refractivity contribution in [3.05, 3.63) is 20.7 Å². The normalized spacial score (nSPS) is 16.7. The number of thiazole rings is 1. The first-order valence-corrected chi connectivity index (χ1v) is 7.92. The van der Waals surface area contributed by atoms with Crippen LogP contribution in [-0.4, -0.2) is 35.0 Å². The van der Waals surface area contributed by atoms with Gasteiger partial charge >= 0.3 is 4.87 Å². The van der Waals surface area contributed by atoms with Crippen molar-refractivity contribution in [2.45, 2.75) is 24.6 Å². The molecule has 0 saturated carbocycles. The predicted molar refractivity (Wildman–Crippen MR) is 75.1 cm³/mol. The van der Waals surface area contributed by atoms with E-state index in [9.17, 15) is 9.59 Å². The Balaban J connectivity index is 1.64. The molecular formula is C11H17N3O2S2. The van der Waals surface area contributed by atoms with Gasteiger partial charge in [0, 0.05) is 16.3 Å². The molecule has 1 amide bonds. The molecule has 1 aliphatic heterocycles. The fourth-order valence-electron chi connectivity index (χ4n) is 1.80. The minimum absolute atomic E-state index is 0.0329. The fraction of sp³-hybridized carbons (Fsp3) is 0.636. The molecule has 7 heteroatoms. The second kappa shape index (κ2) is 6.96. The highest BCUT2D eigenvalue weighted by molar-refractivity contribution is 8.00. The summed E-state index contributed by atoms with van der Waals surface area (Å²) in [5.41, 5.74) is 0.769. The van der Waals surface area contributed by atoms with Crippen molar-refractivity contribution in [3.63, 3.8) is 0 Å². The SMILES string of the molecule is O=C(CSC1CCNCC1)NCc1csc(=O)[nH]1. The monoisotopic (exact) mass is 287 g/mol. The number of piperidine rings is 1. The fourth-order valence-corrected chi connectivity index (χ4v) is 3.44. The first-order chi connectivity index (χ1) is 8.74. The topological polar surface area (TPSA) is 74.0 Å². The molecule has 1 saturated heterocycles. The van der Waals surface area contributed by atoms with Crippen LogP contribution in [0.5, 0.6) is 0 Å². The number of carbonyl (C=O) groups is 1. The van der Waals surface area contributed by atoms with Gasteiger partial charge in [0.2, 0.25) is 5.91 Å². The van der Waals surface area contributed by atoms with E-state index >= 15 is 0 Å². The smallest absolute Gasteiger partial charge is 0.304 e. The standard InChI is InChI=1S/C11H17N3O2S2/c15-10(7-17-9-1-3-12-4-2-9)13-5-8-6-18-11(16)14-8/h6,9,12H,1-5,7H2,(H,13,15)(H,14,16).